The van der Waals surface area contributed by atoms with E-state index in [1.54, 1.807) is 18.2 Å². The summed E-state index contributed by atoms with van der Waals surface area (Å²) in [6.07, 6.45) is 0.725. The lowest BCUT2D eigenvalue weighted by atomic mass is 10.1. The molecule has 0 unspecified atom stereocenters. The zero-order chi connectivity index (χ0) is 14.4. The molecule has 1 atom stereocenters. The number of hydrogen-bond acceptors (Lipinski definition) is 3. The molecule has 3 N–H and O–H groups in total. The number of aliphatic hydroxyl groups excluding tert-OH is 1. The number of phenols is 1. The first kappa shape index (κ1) is 14.9. The van der Waals surface area contributed by atoms with E-state index in [9.17, 15) is 10.2 Å². The molecule has 2 aromatic carbocycles. The second-order valence-corrected chi connectivity index (χ2v) is 5.09. The molecule has 0 aliphatic heterocycles. The average molecular weight is 292 g/mol. The summed E-state index contributed by atoms with van der Waals surface area (Å²) in [4.78, 5) is 0. The highest BCUT2D eigenvalue weighted by atomic mass is 35.5. The summed E-state index contributed by atoms with van der Waals surface area (Å²) >= 11 is 6.05. The molecule has 0 saturated heterocycles. The summed E-state index contributed by atoms with van der Waals surface area (Å²) in [5.41, 5.74) is 1.81. The molecular weight excluding hydrogens is 274 g/mol. The van der Waals surface area contributed by atoms with E-state index in [-0.39, 0.29) is 18.4 Å². The van der Waals surface area contributed by atoms with Gasteiger partial charge in [-0.3, -0.25) is 0 Å². The maximum Gasteiger partial charge on any atom is 0.121 e. The molecule has 106 valence electrons. The average Bonchev–Trinajstić information content (AvgIpc) is 2.46. The molecule has 2 rings (SSSR count). The van der Waals surface area contributed by atoms with Crippen LogP contribution in [-0.2, 0) is 13.0 Å². The second-order valence-electron chi connectivity index (χ2n) is 4.69. The molecule has 0 aromatic heterocycles. The van der Waals surface area contributed by atoms with Crippen LogP contribution in [0.1, 0.15) is 11.1 Å². The van der Waals surface area contributed by atoms with Gasteiger partial charge in [-0.15, -0.1) is 0 Å². The van der Waals surface area contributed by atoms with Crippen molar-refractivity contribution in [1.82, 2.24) is 5.32 Å². The topological polar surface area (TPSA) is 52.5 Å². The first-order chi connectivity index (χ1) is 9.70. The molecule has 0 aliphatic carbocycles. The Morgan fingerprint density at radius 2 is 1.80 bits per heavy atom. The minimum Gasteiger partial charge on any atom is -0.508 e. The van der Waals surface area contributed by atoms with Crippen LogP contribution in [0.5, 0.6) is 5.75 Å². The predicted octanol–water partition coefficient (Wildman–Crippen LogP) is 2.74. The Bertz CT molecular complexity index is 525. The standard InChI is InChI=1S/C16H18ClNO2/c17-15-7-4-8-16(20)14(15)10-18-13(11-19)9-12-5-2-1-3-6-12/h1-8,13,18-20H,9-11H2/t13-/m0/s1. The Morgan fingerprint density at radius 3 is 2.45 bits per heavy atom. The third-order valence-corrected chi connectivity index (χ3v) is 3.56. The van der Waals surface area contributed by atoms with E-state index >= 15 is 0 Å². The van der Waals surface area contributed by atoms with Crippen LogP contribution in [0.4, 0.5) is 0 Å². The van der Waals surface area contributed by atoms with Crippen LogP contribution in [0.25, 0.3) is 0 Å². The third kappa shape index (κ3) is 3.97. The fourth-order valence-electron chi connectivity index (χ4n) is 2.07. The van der Waals surface area contributed by atoms with E-state index in [0.717, 1.165) is 12.0 Å². The predicted molar refractivity (Wildman–Crippen MR) is 81.0 cm³/mol. The van der Waals surface area contributed by atoms with Gasteiger partial charge >= 0.3 is 0 Å². The Hall–Kier alpha value is -1.55. The van der Waals surface area contributed by atoms with Crippen molar-refractivity contribution in [2.45, 2.75) is 19.0 Å². The molecule has 20 heavy (non-hydrogen) atoms. The zero-order valence-electron chi connectivity index (χ0n) is 11.1. The second kappa shape index (κ2) is 7.29. The van der Waals surface area contributed by atoms with Gasteiger partial charge in [0.1, 0.15) is 5.75 Å². The minimum absolute atomic E-state index is 0.0279. The number of phenolic OH excluding ortho intramolecular Hbond substituents is 1. The lowest BCUT2D eigenvalue weighted by Gasteiger charge is -2.17. The van der Waals surface area contributed by atoms with Crippen LogP contribution in [0.15, 0.2) is 48.5 Å². The lowest BCUT2D eigenvalue weighted by molar-refractivity contribution is 0.240. The first-order valence-corrected chi connectivity index (χ1v) is 6.93. The van der Waals surface area contributed by atoms with E-state index in [2.05, 4.69) is 5.32 Å². The van der Waals surface area contributed by atoms with Crippen molar-refractivity contribution in [3.63, 3.8) is 0 Å². The highest BCUT2D eigenvalue weighted by molar-refractivity contribution is 6.31. The molecule has 4 heteroatoms. The van der Waals surface area contributed by atoms with E-state index in [1.807, 2.05) is 30.3 Å². The van der Waals surface area contributed by atoms with Gasteiger partial charge < -0.3 is 15.5 Å². The van der Waals surface area contributed by atoms with E-state index in [4.69, 9.17) is 11.6 Å². The number of halogens is 1. The molecule has 0 radical (unpaired) electrons. The van der Waals surface area contributed by atoms with Crippen LogP contribution >= 0.6 is 11.6 Å². The van der Waals surface area contributed by atoms with E-state index < -0.39 is 0 Å². The molecule has 0 saturated carbocycles. The molecule has 0 bridgehead atoms. The molecule has 0 aliphatic rings. The first-order valence-electron chi connectivity index (χ1n) is 6.55. The van der Waals surface area contributed by atoms with Gasteiger partial charge in [-0.25, -0.2) is 0 Å². The SMILES string of the molecule is OC[C@H](Cc1ccccc1)NCc1c(O)cccc1Cl. The summed E-state index contributed by atoms with van der Waals surface area (Å²) in [5, 5.41) is 23.0. The molecule has 3 nitrogen and oxygen atoms in total. The van der Waals surface area contributed by atoms with Gasteiger partial charge in [-0.2, -0.15) is 0 Å². The van der Waals surface area contributed by atoms with Gasteiger partial charge in [0.25, 0.3) is 0 Å². The lowest BCUT2D eigenvalue weighted by Crippen LogP contribution is -2.34. The Labute approximate surface area is 123 Å². The van der Waals surface area contributed by atoms with Crippen LogP contribution in [0.3, 0.4) is 0 Å². The van der Waals surface area contributed by atoms with Crippen molar-refractivity contribution < 1.29 is 10.2 Å². The number of aliphatic hydroxyl groups is 1. The fraction of sp³-hybridized carbons (Fsp3) is 0.250. The van der Waals surface area contributed by atoms with Gasteiger partial charge in [0.2, 0.25) is 0 Å². The maximum absolute atomic E-state index is 9.78. The van der Waals surface area contributed by atoms with Crippen molar-refractivity contribution in [3.8, 4) is 5.75 Å². The molecule has 0 spiro atoms. The van der Waals surface area contributed by atoms with Gasteiger partial charge in [0, 0.05) is 23.2 Å². The van der Waals surface area contributed by atoms with Crippen LogP contribution < -0.4 is 5.32 Å². The number of hydrogen-bond donors (Lipinski definition) is 3. The largest absolute Gasteiger partial charge is 0.508 e. The zero-order valence-corrected chi connectivity index (χ0v) is 11.8. The molecule has 0 heterocycles. The van der Waals surface area contributed by atoms with Crippen molar-refractivity contribution in [1.29, 1.82) is 0 Å². The summed E-state index contributed by atoms with van der Waals surface area (Å²) < 4.78 is 0. The van der Waals surface area contributed by atoms with E-state index in [0.29, 0.717) is 17.1 Å². The van der Waals surface area contributed by atoms with Gasteiger partial charge in [-0.1, -0.05) is 48.0 Å². The third-order valence-electron chi connectivity index (χ3n) is 3.21. The van der Waals surface area contributed by atoms with Crippen LogP contribution in [0, 0.1) is 0 Å². The monoisotopic (exact) mass is 291 g/mol. The normalized spacial score (nSPS) is 12.3. The Balaban J connectivity index is 1.97. The summed E-state index contributed by atoms with van der Waals surface area (Å²) in [5.74, 6) is 0.168. The highest BCUT2D eigenvalue weighted by Crippen LogP contribution is 2.24. The molecular formula is C16H18ClNO2. The van der Waals surface area contributed by atoms with Crippen LogP contribution in [-0.4, -0.2) is 22.9 Å². The molecule has 2 aromatic rings. The minimum atomic E-state index is -0.0759. The number of aromatic hydroxyl groups is 1. The van der Waals surface area contributed by atoms with Crippen LogP contribution in [0.2, 0.25) is 5.02 Å². The van der Waals surface area contributed by atoms with Crippen molar-refractivity contribution in [2.75, 3.05) is 6.61 Å². The molecule has 0 amide bonds. The quantitative estimate of drug-likeness (QED) is 0.767. The Morgan fingerprint density at radius 1 is 1.05 bits per heavy atom. The highest BCUT2D eigenvalue weighted by Gasteiger charge is 2.11. The van der Waals surface area contributed by atoms with Crippen molar-refractivity contribution in [2.24, 2.45) is 0 Å². The van der Waals surface area contributed by atoms with Gasteiger partial charge in [0.05, 0.1) is 6.61 Å². The van der Waals surface area contributed by atoms with E-state index in [1.165, 1.54) is 0 Å². The summed E-state index contributed by atoms with van der Waals surface area (Å²) in [6.45, 7) is 0.448. The summed E-state index contributed by atoms with van der Waals surface area (Å²) in [6, 6.07) is 14.9. The number of rotatable bonds is 6. The van der Waals surface area contributed by atoms with Gasteiger partial charge in [0.15, 0.2) is 0 Å². The van der Waals surface area contributed by atoms with Gasteiger partial charge in [-0.05, 0) is 24.1 Å². The Kier molecular flexibility index (Phi) is 5.41. The maximum atomic E-state index is 9.78. The number of benzene rings is 2. The smallest absolute Gasteiger partial charge is 0.121 e. The summed E-state index contributed by atoms with van der Waals surface area (Å²) in [7, 11) is 0. The van der Waals surface area contributed by atoms with Crippen molar-refractivity contribution >= 4 is 11.6 Å². The number of nitrogens with one attached hydrogen (secondary N) is 1. The molecule has 0 fully saturated rings. The fourth-order valence-corrected chi connectivity index (χ4v) is 2.30. The van der Waals surface area contributed by atoms with Crippen molar-refractivity contribution in [3.05, 3.63) is 64.7 Å².